The second-order valence-corrected chi connectivity index (χ2v) is 7.61. The molecule has 1 aliphatic heterocycles. The van der Waals surface area contributed by atoms with Crippen molar-refractivity contribution in [2.75, 3.05) is 6.61 Å². The number of hydrogen-bond acceptors (Lipinski definition) is 5. The van der Waals surface area contributed by atoms with Crippen LogP contribution in [0.15, 0.2) is 41.5 Å². The van der Waals surface area contributed by atoms with Crippen molar-refractivity contribution in [2.24, 2.45) is 7.05 Å². The predicted molar refractivity (Wildman–Crippen MR) is 114 cm³/mol. The van der Waals surface area contributed by atoms with Crippen LogP contribution in [0.5, 0.6) is 5.75 Å². The van der Waals surface area contributed by atoms with E-state index in [-0.39, 0.29) is 5.43 Å². The summed E-state index contributed by atoms with van der Waals surface area (Å²) in [6, 6.07) is 6.83. The Morgan fingerprint density at radius 1 is 1.18 bits per heavy atom. The summed E-state index contributed by atoms with van der Waals surface area (Å²) in [7, 11) is 1.83. The molecule has 0 saturated heterocycles. The molecule has 28 heavy (non-hydrogen) atoms. The first-order valence-corrected chi connectivity index (χ1v) is 9.90. The van der Waals surface area contributed by atoms with Crippen LogP contribution >= 0.6 is 22.6 Å². The Morgan fingerprint density at radius 3 is 2.71 bits per heavy atom. The topological polar surface area (TPSA) is 89.4 Å². The molecule has 3 rings (SSSR count). The zero-order chi connectivity index (χ0) is 20.3. The Kier molecular flexibility index (Phi) is 6.18. The van der Waals surface area contributed by atoms with E-state index >= 15 is 0 Å². The van der Waals surface area contributed by atoms with Crippen LogP contribution in [0.2, 0.25) is 0 Å². The van der Waals surface area contributed by atoms with Gasteiger partial charge < -0.3 is 14.6 Å². The maximum absolute atomic E-state index is 12.3. The number of rotatable bonds is 6. The summed E-state index contributed by atoms with van der Waals surface area (Å²) in [6.45, 7) is 2.80. The molecular weight excluding hydrogens is 473 g/mol. The quantitative estimate of drug-likeness (QED) is 0.366. The van der Waals surface area contributed by atoms with Gasteiger partial charge in [-0.3, -0.25) is 19.7 Å². The molecule has 0 fully saturated rings. The van der Waals surface area contributed by atoms with Crippen molar-refractivity contribution in [3.8, 4) is 5.75 Å². The summed E-state index contributed by atoms with van der Waals surface area (Å²) >= 11 is 2.14. The normalized spacial score (nSPS) is 14.6. The predicted octanol–water partition coefficient (Wildman–Crippen LogP) is 2.18. The van der Waals surface area contributed by atoms with Crippen LogP contribution in [0.25, 0.3) is 5.57 Å². The molecule has 0 atom stereocenters. The van der Waals surface area contributed by atoms with Crippen LogP contribution < -0.4 is 20.8 Å². The average molecular weight is 493 g/mol. The first-order chi connectivity index (χ1) is 13.4. The molecule has 2 aromatic rings. The number of benzene rings is 1. The summed E-state index contributed by atoms with van der Waals surface area (Å²) in [5, 5.41) is 5.41. The molecule has 2 heterocycles. The molecule has 0 bridgehead atoms. The number of halogens is 1. The van der Waals surface area contributed by atoms with Gasteiger partial charge in [0.25, 0.3) is 11.8 Å². The third-order valence-electron chi connectivity index (χ3n) is 4.28. The summed E-state index contributed by atoms with van der Waals surface area (Å²) in [6.07, 6.45) is 4.06. The molecule has 7 nitrogen and oxygen atoms in total. The molecule has 0 radical (unpaired) electrons. The highest BCUT2D eigenvalue weighted by Gasteiger charge is 2.27. The van der Waals surface area contributed by atoms with E-state index in [1.165, 1.54) is 6.07 Å². The molecular formula is C20H20IN3O4. The second-order valence-electron chi connectivity index (χ2n) is 6.36. The second kappa shape index (κ2) is 8.59. The molecule has 0 spiro atoms. The fourth-order valence-corrected chi connectivity index (χ4v) is 3.33. The van der Waals surface area contributed by atoms with Crippen molar-refractivity contribution in [2.45, 2.75) is 19.9 Å². The molecule has 2 amide bonds. The van der Waals surface area contributed by atoms with Gasteiger partial charge in [0.1, 0.15) is 0 Å². The molecule has 146 valence electrons. The summed E-state index contributed by atoms with van der Waals surface area (Å²) in [5.41, 5.74) is 1.97. The number of aromatic nitrogens is 1. The monoisotopic (exact) mass is 493 g/mol. The molecule has 1 aromatic heterocycles. The highest BCUT2D eigenvalue weighted by molar-refractivity contribution is 14.1. The largest absolute Gasteiger partial charge is 0.488 e. The van der Waals surface area contributed by atoms with E-state index in [0.717, 1.165) is 15.7 Å². The minimum atomic E-state index is -0.454. The van der Waals surface area contributed by atoms with Crippen LogP contribution in [0.3, 0.4) is 0 Å². The highest BCUT2D eigenvalue weighted by Crippen LogP contribution is 2.25. The zero-order valence-corrected chi connectivity index (χ0v) is 17.7. The van der Waals surface area contributed by atoms with Crippen molar-refractivity contribution >= 4 is 40.0 Å². The third kappa shape index (κ3) is 4.27. The van der Waals surface area contributed by atoms with Crippen molar-refractivity contribution in [3.05, 3.63) is 67.3 Å². The Morgan fingerprint density at radius 2 is 1.96 bits per heavy atom. The van der Waals surface area contributed by atoms with Crippen LogP contribution in [-0.2, 0) is 18.4 Å². The van der Waals surface area contributed by atoms with E-state index in [9.17, 15) is 14.4 Å². The van der Waals surface area contributed by atoms with Crippen molar-refractivity contribution in [1.29, 1.82) is 0 Å². The zero-order valence-electron chi connectivity index (χ0n) is 15.5. The molecule has 0 aliphatic carbocycles. The standard InChI is InChI=1S/C20H20IN3O4/c1-3-6-28-18-11-24(2)13(8-17(18)25)9-22-10-16-15-7-12(21)4-5-14(15)19(26)23-20(16)27/h4-5,7-8,10-11,22H,3,6,9H2,1-2H3,(H,23,26,27). The lowest BCUT2D eigenvalue weighted by atomic mass is 9.96. The average Bonchev–Trinajstić information content (AvgIpc) is 2.65. The van der Waals surface area contributed by atoms with E-state index in [1.807, 2.05) is 20.0 Å². The molecule has 0 unspecified atom stereocenters. The number of pyridine rings is 1. The number of amides is 2. The van der Waals surface area contributed by atoms with Gasteiger partial charge in [-0.05, 0) is 47.2 Å². The van der Waals surface area contributed by atoms with Gasteiger partial charge in [0.15, 0.2) is 5.75 Å². The number of nitrogens with zero attached hydrogens (tertiary/aromatic N) is 1. The van der Waals surface area contributed by atoms with E-state index in [2.05, 4.69) is 33.2 Å². The minimum absolute atomic E-state index is 0.183. The van der Waals surface area contributed by atoms with E-state index < -0.39 is 11.8 Å². The van der Waals surface area contributed by atoms with Gasteiger partial charge in [-0.2, -0.15) is 0 Å². The number of imide groups is 1. The fourth-order valence-electron chi connectivity index (χ4n) is 2.84. The number of carbonyl (C=O) groups is 2. The number of fused-ring (bicyclic) bond motifs is 1. The van der Waals surface area contributed by atoms with Crippen LogP contribution in [0.4, 0.5) is 0 Å². The number of aryl methyl sites for hydroxylation is 1. The Balaban J connectivity index is 1.82. The maximum Gasteiger partial charge on any atom is 0.260 e. The van der Waals surface area contributed by atoms with Gasteiger partial charge in [-0.1, -0.05) is 6.92 Å². The fraction of sp³-hybridized carbons (Fsp3) is 0.250. The SMILES string of the molecule is CCCOc1cn(C)c(CNC=C2C(=O)NC(=O)c3ccc(I)cc32)cc1=O. The maximum atomic E-state index is 12.3. The smallest absolute Gasteiger partial charge is 0.260 e. The molecule has 2 N–H and O–H groups in total. The first kappa shape index (κ1) is 20.1. The van der Waals surface area contributed by atoms with Gasteiger partial charge in [-0.15, -0.1) is 0 Å². The molecule has 8 heteroatoms. The Labute approximate surface area is 175 Å². The van der Waals surface area contributed by atoms with E-state index in [0.29, 0.717) is 35.6 Å². The van der Waals surface area contributed by atoms with Crippen molar-refractivity contribution in [1.82, 2.24) is 15.2 Å². The van der Waals surface area contributed by atoms with Crippen LogP contribution in [-0.4, -0.2) is 23.0 Å². The minimum Gasteiger partial charge on any atom is -0.488 e. The van der Waals surface area contributed by atoms with E-state index in [4.69, 9.17) is 4.74 Å². The lowest BCUT2D eigenvalue weighted by molar-refractivity contribution is -0.114. The van der Waals surface area contributed by atoms with Gasteiger partial charge in [0.2, 0.25) is 5.43 Å². The summed E-state index contributed by atoms with van der Waals surface area (Å²) in [4.78, 5) is 36.4. The molecule has 1 aromatic carbocycles. The molecule has 0 saturated carbocycles. The highest BCUT2D eigenvalue weighted by atomic mass is 127. The van der Waals surface area contributed by atoms with Gasteiger partial charge >= 0.3 is 0 Å². The third-order valence-corrected chi connectivity index (χ3v) is 4.95. The van der Waals surface area contributed by atoms with Gasteiger partial charge in [-0.25, -0.2) is 0 Å². The lowest BCUT2D eigenvalue weighted by Gasteiger charge is -2.19. The van der Waals surface area contributed by atoms with Crippen molar-refractivity contribution < 1.29 is 14.3 Å². The van der Waals surface area contributed by atoms with Crippen molar-refractivity contribution in [3.63, 3.8) is 0 Å². The lowest BCUT2D eigenvalue weighted by Crippen LogP contribution is -2.37. The van der Waals surface area contributed by atoms with E-state index in [1.54, 1.807) is 29.1 Å². The first-order valence-electron chi connectivity index (χ1n) is 8.82. The summed E-state index contributed by atoms with van der Waals surface area (Å²) < 4.78 is 8.18. The number of ether oxygens (including phenoxy) is 1. The summed E-state index contributed by atoms with van der Waals surface area (Å²) in [5.74, 6) is -0.539. The Hall–Kier alpha value is -2.62. The van der Waals surface area contributed by atoms with Crippen LogP contribution in [0, 0.1) is 3.57 Å². The number of carbonyl (C=O) groups excluding carboxylic acids is 2. The van der Waals surface area contributed by atoms with Gasteiger partial charge in [0, 0.05) is 39.7 Å². The number of hydrogen-bond donors (Lipinski definition) is 2. The van der Waals surface area contributed by atoms with Crippen LogP contribution in [0.1, 0.15) is 35.0 Å². The van der Waals surface area contributed by atoms with Gasteiger partial charge in [0.05, 0.1) is 24.9 Å². The molecule has 1 aliphatic rings. The Bertz CT molecular complexity index is 1030. The number of nitrogens with one attached hydrogen (secondary N) is 2.